The number of hydrogen-bond donors (Lipinski definition) is 2. The Kier molecular flexibility index (Phi) is 3.14. The summed E-state index contributed by atoms with van der Waals surface area (Å²) >= 11 is 5.66. The van der Waals surface area contributed by atoms with E-state index in [1.54, 1.807) is 6.07 Å². The number of carbonyl (C=O) groups excluding carboxylic acids is 2. The van der Waals surface area contributed by atoms with E-state index in [1.165, 1.54) is 17.0 Å². The molecule has 1 aromatic rings. The van der Waals surface area contributed by atoms with Crippen molar-refractivity contribution in [2.24, 2.45) is 0 Å². The second kappa shape index (κ2) is 4.71. The van der Waals surface area contributed by atoms with Crippen LogP contribution in [0.25, 0.3) is 0 Å². The summed E-state index contributed by atoms with van der Waals surface area (Å²) in [7, 11) is 0. The van der Waals surface area contributed by atoms with Gasteiger partial charge >= 0.3 is 6.03 Å². The van der Waals surface area contributed by atoms with Gasteiger partial charge in [-0.3, -0.25) is 15.0 Å². The lowest BCUT2D eigenvalue weighted by Crippen LogP contribution is -2.56. The summed E-state index contributed by atoms with van der Waals surface area (Å²) in [5.41, 5.74) is -0.583. The Morgan fingerprint density at radius 2 is 1.95 bits per heavy atom. The number of benzene rings is 1. The third-order valence-electron chi connectivity index (χ3n) is 3.87. The predicted octanol–water partition coefficient (Wildman–Crippen LogP) is 1.66. The van der Waals surface area contributed by atoms with Crippen molar-refractivity contribution < 1.29 is 14.0 Å². The fourth-order valence-electron chi connectivity index (χ4n) is 2.84. The highest BCUT2D eigenvalue weighted by Crippen LogP contribution is 2.36. The maximum atomic E-state index is 13.6. The van der Waals surface area contributed by atoms with Crippen molar-refractivity contribution in [3.05, 3.63) is 29.0 Å². The Morgan fingerprint density at radius 1 is 1.25 bits per heavy atom. The molecule has 1 aromatic carbocycles. The van der Waals surface area contributed by atoms with Gasteiger partial charge in [0.25, 0.3) is 5.91 Å². The summed E-state index contributed by atoms with van der Waals surface area (Å²) in [6, 6.07) is 3.60. The van der Waals surface area contributed by atoms with Crippen molar-refractivity contribution in [3.8, 4) is 0 Å². The number of imide groups is 1. The lowest BCUT2D eigenvalue weighted by molar-refractivity contribution is -0.124. The molecule has 2 heterocycles. The number of carbonyl (C=O) groups is 2. The van der Waals surface area contributed by atoms with E-state index in [0.717, 1.165) is 0 Å². The molecule has 2 saturated heterocycles. The van der Waals surface area contributed by atoms with E-state index in [2.05, 4.69) is 10.6 Å². The molecule has 2 aliphatic heterocycles. The zero-order valence-corrected chi connectivity index (χ0v) is 11.3. The minimum absolute atomic E-state index is 0.0148. The third-order valence-corrected chi connectivity index (χ3v) is 4.17. The van der Waals surface area contributed by atoms with Gasteiger partial charge in [0.15, 0.2) is 0 Å². The van der Waals surface area contributed by atoms with Crippen molar-refractivity contribution in [3.63, 3.8) is 0 Å². The highest BCUT2D eigenvalue weighted by molar-refractivity contribution is 6.30. The summed E-state index contributed by atoms with van der Waals surface area (Å²) in [5.74, 6) is -0.931. The van der Waals surface area contributed by atoms with Gasteiger partial charge in [-0.25, -0.2) is 9.18 Å². The number of urea groups is 1. The molecule has 0 atom stereocenters. The van der Waals surface area contributed by atoms with Crippen LogP contribution < -0.4 is 15.5 Å². The molecular weight excluding hydrogens is 285 g/mol. The number of nitrogens with zero attached hydrogens (tertiary/aromatic N) is 1. The van der Waals surface area contributed by atoms with Gasteiger partial charge in [-0.2, -0.15) is 0 Å². The molecule has 2 N–H and O–H groups in total. The molecule has 20 heavy (non-hydrogen) atoms. The number of nitrogens with one attached hydrogen (secondary N) is 2. The Hall–Kier alpha value is -1.66. The molecule has 0 aromatic heterocycles. The molecule has 106 valence electrons. The van der Waals surface area contributed by atoms with Gasteiger partial charge in [0.1, 0.15) is 11.4 Å². The summed E-state index contributed by atoms with van der Waals surface area (Å²) in [5, 5.41) is 5.46. The number of piperidine rings is 1. The SMILES string of the molecule is O=C1NC(=O)C2(CCNCC2)N1c1ccc(Cl)c(F)c1. The molecule has 0 radical (unpaired) electrons. The molecule has 3 rings (SSSR count). The summed E-state index contributed by atoms with van der Waals surface area (Å²) in [6.07, 6.45) is 0.990. The lowest BCUT2D eigenvalue weighted by Gasteiger charge is -2.38. The monoisotopic (exact) mass is 297 g/mol. The summed E-state index contributed by atoms with van der Waals surface area (Å²) in [6.45, 7) is 1.26. The molecule has 2 fully saturated rings. The number of amides is 3. The molecule has 2 aliphatic rings. The smallest absolute Gasteiger partial charge is 0.317 e. The van der Waals surface area contributed by atoms with Crippen molar-refractivity contribution in [2.45, 2.75) is 18.4 Å². The number of halogens is 2. The Morgan fingerprint density at radius 3 is 2.60 bits per heavy atom. The first-order valence-electron chi connectivity index (χ1n) is 6.36. The second-order valence-electron chi connectivity index (χ2n) is 4.97. The maximum absolute atomic E-state index is 13.6. The quantitative estimate of drug-likeness (QED) is 0.775. The van der Waals surface area contributed by atoms with Gasteiger partial charge in [0.05, 0.1) is 5.02 Å². The lowest BCUT2D eigenvalue weighted by atomic mass is 9.86. The second-order valence-corrected chi connectivity index (χ2v) is 5.38. The Labute approximate surface area is 120 Å². The zero-order valence-electron chi connectivity index (χ0n) is 10.6. The van der Waals surface area contributed by atoms with Crippen LogP contribution in [0.2, 0.25) is 5.02 Å². The fourth-order valence-corrected chi connectivity index (χ4v) is 2.96. The van der Waals surface area contributed by atoms with Crippen LogP contribution in [0.1, 0.15) is 12.8 Å². The molecule has 0 unspecified atom stereocenters. The van der Waals surface area contributed by atoms with Crippen molar-refractivity contribution >= 4 is 29.2 Å². The predicted molar refractivity (Wildman–Crippen MR) is 72.3 cm³/mol. The minimum Gasteiger partial charge on any atom is -0.317 e. The number of anilines is 1. The Bertz CT molecular complexity index is 587. The number of hydrogen-bond acceptors (Lipinski definition) is 3. The van der Waals surface area contributed by atoms with Gasteiger partial charge in [-0.15, -0.1) is 0 Å². The zero-order chi connectivity index (χ0) is 14.3. The van der Waals surface area contributed by atoms with E-state index in [9.17, 15) is 14.0 Å². The van der Waals surface area contributed by atoms with Gasteiger partial charge in [0.2, 0.25) is 0 Å². The van der Waals surface area contributed by atoms with Gasteiger partial charge < -0.3 is 5.32 Å². The molecule has 0 aliphatic carbocycles. The molecule has 5 nitrogen and oxygen atoms in total. The first kappa shape index (κ1) is 13.3. The van der Waals surface area contributed by atoms with E-state index in [4.69, 9.17) is 11.6 Å². The van der Waals surface area contributed by atoms with E-state index in [1.807, 2.05) is 0 Å². The maximum Gasteiger partial charge on any atom is 0.329 e. The van der Waals surface area contributed by atoms with Crippen LogP contribution in [0.4, 0.5) is 14.9 Å². The number of rotatable bonds is 1. The van der Waals surface area contributed by atoms with E-state index in [-0.39, 0.29) is 10.9 Å². The minimum atomic E-state index is -0.928. The topological polar surface area (TPSA) is 61.4 Å². The van der Waals surface area contributed by atoms with Crippen molar-refractivity contribution in [2.75, 3.05) is 18.0 Å². The highest BCUT2D eigenvalue weighted by atomic mass is 35.5. The molecular formula is C13H13ClFN3O2. The third kappa shape index (κ3) is 1.87. The van der Waals surface area contributed by atoms with E-state index in [0.29, 0.717) is 31.6 Å². The van der Waals surface area contributed by atoms with Crippen LogP contribution >= 0.6 is 11.6 Å². The highest BCUT2D eigenvalue weighted by Gasteiger charge is 2.53. The fraction of sp³-hybridized carbons (Fsp3) is 0.385. The molecule has 3 amide bonds. The average Bonchev–Trinajstić information content (AvgIpc) is 2.65. The van der Waals surface area contributed by atoms with Gasteiger partial charge in [-0.1, -0.05) is 11.6 Å². The summed E-state index contributed by atoms with van der Waals surface area (Å²) in [4.78, 5) is 25.6. The standard InChI is InChI=1S/C13H13ClFN3O2/c14-9-2-1-8(7-10(9)15)18-12(20)17-11(19)13(18)3-5-16-6-4-13/h1-2,7,16H,3-6H2,(H,17,19,20). The van der Waals surface area contributed by atoms with E-state index >= 15 is 0 Å². The van der Waals surface area contributed by atoms with Crippen LogP contribution in [0.15, 0.2) is 18.2 Å². The molecule has 1 spiro atoms. The van der Waals surface area contributed by atoms with Crippen LogP contribution in [-0.4, -0.2) is 30.6 Å². The Balaban J connectivity index is 2.06. The first-order valence-corrected chi connectivity index (χ1v) is 6.74. The average molecular weight is 298 g/mol. The first-order chi connectivity index (χ1) is 9.54. The van der Waals surface area contributed by atoms with E-state index < -0.39 is 17.4 Å². The van der Waals surface area contributed by atoms with Crippen molar-refractivity contribution in [1.82, 2.24) is 10.6 Å². The van der Waals surface area contributed by atoms with Crippen LogP contribution in [0, 0.1) is 5.82 Å². The van der Waals surface area contributed by atoms with Crippen LogP contribution in [0.3, 0.4) is 0 Å². The summed E-state index contributed by atoms with van der Waals surface area (Å²) < 4.78 is 13.6. The molecule has 7 heteroatoms. The van der Waals surface area contributed by atoms with Gasteiger partial charge in [0, 0.05) is 5.69 Å². The van der Waals surface area contributed by atoms with Crippen LogP contribution in [0.5, 0.6) is 0 Å². The largest absolute Gasteiger partial charge is 0.329 e. The van der Waals surface area contributed by atoms with Gasteiger partial charge in [-0.05, 0) is 44.1 Å². The van der Waals surface area contributed by atoms with Crippen LogP contribution in [-0.2, 0) is 4.79 Å². The van der Waals surface area contributed by atoms with Crippen molar-refractivity contribution in [1.29, 1.82) is 0 Å². The normalized spacial score (nSPS) is 21.4. The molecule has 0 bridgehead atoms. The molecule has 0 saturated carbocycles.